The van der Waals surface area contributed by atoms with Gasteiger partial charge in [0.1, 0.15) is 12.3 Å². The van der Waals surface area contributed by atoms with Crippen LogP contribution in [0, 0.1) is 0 Å². The van der Waals surface area contributed by atoms with Crippen molar-refractivity contribution >= 4 is 43.5 Å². The molecular weight excluding hydrogens is 442 g/mol. The van der Waals surface area contributed by atoms with E-state index in [4.69, 9.17) is 14.6 Å². The number of esters is 1. The van der Waals surface area contributed by atoms with Gasteiger partial charge in [-0.3, -0.25) is 9.59 Å². The van der Waals surface area contributed by atoms with Crippen LogP contribution in [0.5, 0.6) is 5.75 Å². The van der Waals surface area contributed by atoms with Gasteiger partial charge in [-0.15, -0.1) is 0 Å². The third-order valence-electron chi connectivity index (χ3n) is 4.18. The molecule has 1 heterocycles. The second-order valence-corrected chi connectivity index (χ2v) is 8.90. The van der Waals surface area contributed by atoms with E-state index in [0.717, 1.165) is 11.3 Å². The zero-order valence-electron chi connectivity index (χ0n) is 16.9. The predicted molar refractivity (Wildman–Crippen MR) is 115 cm³/mol. The minimum Gasteiger partial charge on any atom is -0.494 e. The molecule has 1 aromatic heterocycles. The highest BCUT2D eigenvalue weighted by Gasteiger charge is 2.16. The number of sulfonamides is 1. The molecule has 0 aliphatic carbocycles. The molecule has 11 heteroatoms. The molecule has 31 heavy (non-hydrogen) atoms. The number of rotatable bonds is 7. The molecule has 0 saturated heterocycles. The second kappa shape index (κ2) is 9.41. The lowest BCUT2D eigenvalue weighted by Crippen LogP contribution is -2.23. The van der Waals surface area contributed by atoms with Gasteiger partial charge in [-0.1, -0.05) is 11.3 Å². The van der Waals surface area contributed by atoms with E-state index in [2.05, 4.69) is 4.99 Å². The van der Waals surface area contributed by atoms with Crippen molar-refractivity contribution in [3.8, 4) is 5.75 Å². The topological polar surface area (TPSA) is 130 Å². The maximum atomic E-state index is 12.7. The van der Waals surface area contributed by atoms with Gasteiger partial charge in [0.05, 0.1) is 28.3 Å². The lowest BCUT2D eigenvalue weighted by atomic mass is 10.2. The SMILES string of the molecule is CCOC(=O)Cn1c(=NC(=O)c2ccc(OCC)cc2)sc2cc(S(N)(=O)=O)ccc21. The summed E-state index contributed by atoms with van der Waals surface area (Å²) in [7, 11) is -3.91. The zero-order valence-corrected chi connectivity index (χ0v) is 18.5. The van der Waals surface area contributed by atoms with Gasteiger partial charge in [0.15, 0.2) is 4.80 Å². The molecule has 3 rings (SSSR count). The molecule has 3 aromatic rings. The largest absolute Gasteiger partial charge is 0.494 e. The van der Waals surface area contributed by atoms with Crippen molar-refractivity contribution in [3.05, 3.63) is 52.8 Å². The number of carbonyl (C=O) groups excluding carboxylic acids is 2. The number of thiazole rings is 1. The van der Waals surface area contributed by atoms with Gasteiger partial charge < -0.3 is 14.0 Å². The maximum absolute atomic E-state index is 12.7. The molecule has 0 atom stereocenters. The van der Waals surface area contributed by atoms with Gasteiger partial charge in [0.25, 0.3) is 5.91 Å². The molecule has 2 N–H and O–H groups in total. The van der Waals surface area contributed by atoms with E-state index < -0.39 is 21.9 Å². The highest BCUT2D eigenvalue weighted by molar-refractivity contribution is 7.89. The van der Waals surface area contributed by atoms with Crippen molar-refractivity contribution in [1.29, 1.82) is 0 Å². The Morgan fingerprint density at radius 3 is 2.42 bits per heavy atom. The number of hydrogen-bond donors (Lipinski definition) is 1. The molecule has 0 fully saturated rings. The van der Waals surface area contributed by atoms with Crippen molar-refractivity contribution in [2.75, 3.05) is 13.2 Å². The summed E-state index contributed by atoms with van der Waals surface area (Å²) in [5.74, 6) is -0.389. The van der Waals surface area contributed by atoms with Crippen LogP contribution < -0.4 is 14.7 Å². The van der Waals surface area contributed by atoms with Gasteiger partial charge in [-0.2, -0.15) is 4.99 Å². The highest BCUT2D eigenvalue weighted by atomic mass is 32.2. The van der Waals surface area contributed by atoms with E-state index in [9.17, 15) is 18.0 Å². The molecule has 0 aliphatic heterocycles. The van der Waals surface area contributed by atoms with Crippen LogP contribution in [0.3, 0.4) is 0 Å². The van der Waals surface area contributed by atoms with Crippen LogP contribution in [0.2, 0.25) is 0 Å². The second-order valence-electron chi connectivity index (χ2n) is 6.32. The number of carbonyl (C=O) groups is 2. The fraction of sp³-hybridized carbons (Fsp3) is 0.250. The summed E-state index contributed by atoms with van der Waals surface area (Å²) in [6.45, 7) is 4.08. The third-order valence-corrected chi connectivity index (χ3v) is 6.14. The number of nitrogens with two attached hydrogens (primary N) is 1. The van der Waals surface area contributed by atoms with Gasteiger partial charge in [0, 0.05) is 5.56 Å². The molecule has 0 unspecified atom stereocenters. The molecule has 9 nitrogen and oxygen atoms in total. The van der Waals surface area contributed by atoms with Crippen LogP contribution >= 0.6 is 11.3 Å². The standard InChI is InChI=1S/C20H21N3O6S2/c1-3-28-14-7-5-13(6-8-14)19(25)22-20-23(12-18(24)29-4-2)16-10-9-15(31(21,26)27)11-17(16)30-20/h5-11H,3-4,12H2,1-2H3,(H2,21,26,27). The van der Waals surface area contributed by atoms with Crippen LogP contribution in [0.15, 0.2) is 52.4 Å². The summed E-state index contributed by atoms with van der Waals surface area (Å²) < 4.78 is 35.8. The summed E-state index contributed by atoms with van der Waals surface area (Å²) in [5, 5.41) is 5.21. The maximum Gasteiger partial charge on any atom is 0.326 e. The summed E-state index contributed by atoms with van der Waals surface area (Å²) in [6.07, 6.45) is 0. The van der Waals surface area contributed by atoms with E-state index in [1.807, 2.05) is 6.92 Å². The van der Waals surface area contributed by atoms with Gasteiger partial charge in [-0.25, -0.2) is 13.6 Å². The zero-order chi connectivity index (χ0) is 22.6. The number of fused-ring (bicyclic) bond motifs is 1. The number of amides is 1. The molecule has 0 saturated carbocycles. The molecule has 0 spiro atoms. The Hall–Kier alpha value is -3.02. The predicted octanol–water partition coefficient (Wildman–Crippen LogP) is 2.05. The summed E-state index contributed by atoms with van der Waals surface area (Å²) >= 11 is 1.07. The van der Waals surface area contributed by atoms with Crippen molar-refractivity contribution < 1.29 is 27.5 Å². The van der Waals surface area contributed by atoms with Crippen LogP contribution in [-0.2, 0) is 26.1 Å². The monoisotopic (exact) mass is 463 g/mol. The first kappa shape index (κ1) is 22.7. The van der Waals surface area contributed by atoms with Crippen molar-refractivity contribution in [2.24, 2.45) is 10.1 Å². The number of primary sulfonamides is 1. The van der Waals surface area contributed by atoms with Crippen molar-refractivity contribution in [1.82, 2.24) is 4.57 Å². The van der Waals surface area contributed by atoms with Crippen LogP contribution in [-0.4, -0.2) is 38.1 Å². The van der Waals surface area contributed by atoms with Gasteiger partial charge in [0.2, 0.25) is 10.0 Å². The fourth-order valence-electron chi connectivity index (χ4n) is 2.82. The van der Waals surface area contributed by atoms with Crippen molar-refractivity contribution in [3.63, 3.8) is 0 Å². The molecule has 1 amide bonds. The highest BCUT2D eigenvalue weighted by Crippen LogP contribution is 2.22. The Bertz CT molecular complexity index is 1290. The first-order chi connectivity index (χ1) is 14.7. The Labute approximate surface area is 182 Å². The molecule has 0 radical (unpaired) electrons. The molecule has 164 valence electrons. The first-order valence-electron chi connectivity index (χ1n) is 9.36. The minimum atomic E-state index is -3.91. The van der Waals surface area contributed by atoms with E-state index in [1.165, 1.54) is 22.8 Å². The summed E-state index contributed by atoms with van der Waals surface area (Å²) in [6, 6.07) is 10.8. The van der Waals surface area contributed by atoms with E-state index >= 15 is 0 Å². The lowest BCUT2D eigenvalue weighted by Gasteiger charge is -2.06. The number of hydrogen-bond acceptors (Lipinski definition) is 7. The molecule has 0 bridgehead atoms. The van der Waals surface area contributed by atoms with Gasteiger partial charge in [-0.05, 0) is 56.3 Å². The first-order valence-corrected chi connectivity index (χ1v) is 11.7. The molecular formula is C20H21N3O6S2. The van der Waals surface area contributed by atoms with Crippen LogP contribution in [0.1, 0.15) is 24.2 Å². The average molecular weight is 464 g/mol. The smallest absolute Gasteiger partial charge is 0.326 e. The Balaban J connectivity index is 2.09. The summed E-state index contributed by atoms with van der Waals surface area (Å²) in [5.41, 5.74) is 0.873. The van der Waals surface area contributed by atoms with Gasteiger partial charge >= 0.3 is 5.97 Å². The Morgan fingerprint density at radius 2 is 1.81 bits per heavy atom. The average Bonchev–Trinajstić information content (AvgIpc) is 3.04. The number of nitrogens with zero attached hydrogens (tertiary/aromatic N) is 2. The Kier molecular flexibility index (Phi) is 6.88. The lowest BCUT2D eigenvalue weighted by molar-refractivity contribution is -0.143. The molecule has 0 aliphatic rings. The van der Waals surface area contributed by atoms with Crippen LogP contribution in [0.4, 0.5) is 0 Å². The number of ether oxygens (including phenoxy) is 2. The third kappa shape index (κ3) is 5.37. The summed E-state index contributed by atoms with van der Waals surface area (Å²) in [4.78, 5) is 29.1. The van der Waals surface area contributed by atoms with Crippen molar-refractivity contribution in [2.45, 2.75) is 25.3 Å². The quantitative estimate of drug-likeness (QED) is 0.534. The number of benzene rings is 2. The van der Waals surface area contributed by atoms with E-state index in [1.54, 1.807) is 31.2 Å². The van der Waals surface area contributed by atoms with E-state index in [0.29, 0.717) is 28.1 Å². The fourth-order valence-corrected chi connectivity index (χ4v) is 4.50. The van der Waals surface area contributed by atoms with Crippen LogP contribution in [0.25, 0.3) is 10.2 Å². The molecule has 2 aromatic carbocycles. The minimum absolute atomic E-state index is 0.0751. The normalized spacial score (nSPS) is 12.2. The number of aromatic nitrogens is 1. The van der Waals surface area contributed by atoms with E-state index in [-0.39, 0.29) is 22.8 Å². The Morgan fingerprint density at radius 1 is 1.10 bits per heavy atom.